The summed E-state index contributed by atoms with van der Waals surface area (Å²) in [6.45, 7) is 49.4. The second kappa shape index (κ2) is 22.5. The topological polar surface area (TPSA) is 42.6 Å². The van der Waals surface area contributed by atoms with E-state index in [-0.39, 0.29) is 51.3 Å². The molecule has 0 radical (unpaired) electrons. The Morgan fingerprint density at radius 2 is 0.723 bits per heavy atom. The number of aromatic nitrogens is 2. The van der Waals surface area contributed by atoms with Crippen molar-refractivity contribution in [3.63, 3.8) is 0 Å². The standard InChI is InChI=1S/C54H53BN2O.C50H45BN2O/c1-30-24-43-47-44(25-30)57-48-37(46-36-16-13-14-18-38(36)54(11,12)50(46)57)26-33(53(8,9)10)27-40(48)55(47)39-23-21-31(51(2,3)4)28-42(39)56(43)41-19-15-17-35-34-22-20-32(52(5,6)7)29-45(34)58-49(35)41;1-28-23-39-45-40(24-28)53-46-33(43-31-15-10-12-17-34(31)50(8,9)47(43)53)25-30(49(5,6)7)26-36(46)51(45)35-22-21-29(48(2,3)4)27-38(35)52(39)37-18-14-20-42-44(37)32-16-11-13-19-41(32)54-42/h13-29H,1-12H3;10-27H,1-9H3. The van der Waals surface area contributed by atoms with Gasteiger partial charge in [-0.3, -0.25) is 0 Å². The highest BCUT2D eigenvalue weighted by Gasteiger charge is 2.51. The van der Waals surface area contributed by atoms with Crippen LogP contribution in [0.2, 0.25) is 0 Å². The van der Waals surface area contributed by atoms with E-state index in [9.17, 15) is 0 Å². The first kappa shape index (κ1) is 69.0. The highest BCUT2D eigenvalue weighted by molar-refractivity contribution is 7.01. The van der Waals surface area contributed by atoms with Crippen LogP contribution < -0.4 is 42.6 Å². The zero-order valence-electron chi connectivity index (χ0n) is 69.0. The van der Waals surface area contributed by atoms with Crippen LogP contribution in [-0.2, 0) is 37.9 Å². The zero-order valence-corrected chi connectivity index (χ0v) is 69.0. The van der Waals surface area contributed by atoms with E-state index >= 15 is 0 Å². The molecule has 0 spiro atoms. The van der Waals surface area contributed by atoms with Crippen molar-refractivity contribution < 1.29 is 8.83 Å². The Bertz CT molecular complexity index is 6900. The molecule has 6 aliphatic rings. The number of benzene rings is 12. The molecule has 0 bridgehead atoms. The summed E-state index contributed by atoms with van der Waals surface area (Å²) in [6.07, 6.45) is 0. The smallest absolute Gasteiger partial charge is 0.252 e. The average Bonchev–Trinajstić information content (AvgIpc) is 1.46. The van der Waals surface area contributed by atoms with E-state index in [2.05, 4.69) is 377 Å². The van der Waals surface area contributed by atoms with E-state index in [0.717, 1.165) is 55.3 Å². The molecule has 2 aliphatic carbocycles. The molecule has 0 saturated carbocycles. The monoisotopic (exact) mass is 1460 g/mol. The molecule has 16 aromatic rings. The van der Waals surface area contributed by atoms with Gasteiger partial charge < -0.3 is 27.8 Å². The molecule has 8 heteroatoms. The summed E-state index contributed by atoms with van der Waals surface area (Å²) in [4.78, 5) is 5.14. The summed E-state index contributed by atoms with van der Waals surface area (Å²) in [7, 11) is 0. The molecule has 4 aliphatic heterocycles. The van der Waals surface area contributed by atoms with Gasteiger partial charge in [-0.25, -0.2) is 0 Å². The van der Waals surface area contributed by atoms with Crippen LogP contribution in [0.15, 0.2) is 221 Å². The Morgan fingerprint density at radius 1 is 0.304 bits per heavy atom. The van der Waals surface area contributed by atoms with Crippen LogP contribution in [0.4, 0.5) is 34.1 Å². The molecule has 0 N–H and O–H groups in total. The lowest BCUT2D eigenvalue weighted by Gasteiger charge is -2.42. The van der Waals surface area contributed by atoms with Gasteiger partial charge in [0.05, 0.1) is 16.8 Å². The molecule has 22 rings (SSSR count). The Kier molecular flexibility index (Phi) is 13.8. The van der Waals surface area contributed by atoms with E-state index in [1.54, 1.807) is 0 Å². The molecule has 0 amide bonds. The summed E-state index contributed by atoms with van der Waals surface area (Å²) >= 11 is 0. The molecule has 0 unspecified atom stereocenters. The van der Waals surface area contributed by atoms with Gasteiger partial charge >= 0.3 is 0 Å². The molecule has 12 aromatic carbocycles. The molecule has 6 nitrogen and oxygen atoms in total. The average molecular weight is 1460 g/mol. The van der Waals surface area contributed by atoms with E-state index in [0.29, 0.717) is 0 Å². The first-order chi connectivity index (χ1) is 53.1. The van der Waals surface area contributed by atoms with E-state index in [4.69, 9.17) is 8.83 Å². The third-order valence-electron chi connectivity index (χ3n) is 26.7. The van der Waals surface area contributed by atoms with Crippen molar-refractivity contribution in [2.24, 2.45) is 0 Å². The second-order valence-electron chi connectivity index (χ2n) is 39.9. The fraction of sp³-hybridized carbons (Fsp3) is 0.269. The largest absolute Gasteiger partial charge is 0.456 e. The van der Waals surface area contributed by atoms with Crippen molar-refractivity contribution >= 4 is 146 Å². The minimum Gasteiger partial charge on any atom is -0.456 e. The molecule has 112 heavy (non-hydrogen) atoms. The van der Waals surface area contributed by atoms with Gasteiger partial charge in [0.2, 0.25) is 0 Å². The number of para-hydroxylation sites is 2. The molecular weight excluding hydrogens is 1360 g/mol. The van der Waals surface area contributed by atoms with Gasteiger partial charge in [0.15, 0.2) is 5.58 Å². The van der Waals surface area contributed by atoms with Crippen molar-refractivity contribution in [3.8, 4) is 33.6 Å². The number of aryl methyl sites for hydroxylation is 2. The van der Waals surface area contributed by atoms with Crippen molar-refractivity contribution in [1.29, 1.82) is 0 Å². The van der Waals surface area contributed by atoms with Gasteiger partial charge in [-0.2, -0.15) is 0 Å². The third-order valence-corrected chi connectivity index (χ3v) is 26.7. The van der Waals surface area contributed by atoms with Gasteiger partial charge in [0.25, 0.3) is 13.4 Å². The number of nitrogens with zero attached hydrogens (tertiary/aromatic N) is 4. The van der Waals surface area contributed by atoms with Crippen LogP contribution in [0.3, 0.4) is 0 Å². The second-order valence-corrected chi connectivity index (χ2v) is 39.9. The van der Waals surface area contributed by atoms with Crippen molar-refractivity contribution in [3.05, 3.63) is 274 Å². The first-order valence-corrected chi connectivity index (χ1v) is 40.8. The van der Waals surface area contributed by atoms with Crippen LogP contribution in [-0.4, -0.2) is 22.6 Å². The number of anilines is 6. The van der Waals surface area contributed by atoms with E-state index < -0.39 is 0 Å². The summed E-state index contributed by atoms with van der Waals surface area (Å²) in [5.74, 6) is 0. The van der Waals surface area contributed by atoms with Gasteiger partial charge in [0.1, 0.15) is 16.7 Å². The third kappa shape index (κ3) is 9.35. The van der Waals surface area contributed by atoms with Crippen molar-refractivity contribution in [2.75, 3.05) is 9.80 Å². The lowest BCUT2D eigenvalue weighted by molar-refractivity contribution is 0.587. The van der Waals surface area contributed by atoms with E-state index in [1.807, 2.05) is 0 Å². The minimum atomic E-state index is -0.187. The summed E-state index contributed by atoms with van der Waals surface area (Å²) in [6, 6.07) is 81.5. The van der Waals surface area contributed by atoms with Gasteiger partial charge in [0, 0.05) is 105 Å². The Labute approximate surface area is 660 Å². The minimum absolute atomic E-state index is 0.0178. The normalized spacial score (nSPS) is 15.3. The number of fused-ring (bicyclic) bond motifs is 24. The molecular formula is C104H98B2N4O2. The molecule has 4 aromatic heterocycles. The van der Waals surface area contributed by atoms with Crippen LogP contribution in [0.5, 0.6) is 0 Å². The number of rotatable bonds is 2. The maximum absolute atomic E-state index is 7.05. The Balaban J connectivity index is 0.000000142. The summed E-state index contributed by atoms with van der Waals surface area (Å²) < 4.78 is 19.0. The zero-order chi connectivity index (χ0) is 77.8. The maximum atomic E-state index is 7.05. The van der Waals surface area contributed by atoms with Crippen LogP contribution in [0.1, 0.15) is 193 Å². The van der Waals surface area contributed by atoms with E-state index in [1.165, 1.54) is 172 Å². The van der Waals surface area contributed by atoms with Gasteiger partial charge in [-0.05, 0) is 214 Å². The quantitative estimate of drug-likeness (QED) is 0.162. The Morgan fingerprint density at radius 3 is 1.23 bits per heavy atom. The number of hydrogen-bond acceptors (Lipinski definition) is 4. The number of furan rings is 2. The van der Waals surface area contributed by atoms with Crippen LogP contribution in [0.25, 0.3) is 99.3 Å². The summed E-state index contributed by atoms with van der Waals surface area (Å²) in [5, 5.41) is 7.36. The van der Waals surface area contributed by atoms with Crippen LogP contribution in [0, 0.1) is 13.8 Å². The summed E-state index contributed by atoms with van der Waals surface area (Å²) in [5.41, 5.74) is 44.4. The molecule has 0 atom stereocenters. The fourth-order valence-corrected chi connectivity index (χ4v) is 21.0. The predicted octanol–water partition coefficient (Wildman–Crippen LogP) is 24.0. The van der Waals surface area contributed by atoms with Crippen LogP contribution >= 0.6 is 0 Å². The molecule has 552 valence electrons. The number of hydrogen-bond donors (Lipinski definition) is 0. The van der Waals surface area contributed by atoms with Gasteiger partial charge in [-0.15, -0.1) is 0 Å². The molecule has 8 heterocycles. The lowest BCUT2D eigenvalue weighted by Crippen LogP contribution is -2.61. The highest BCUT2D eigenvalue weighted by Crippen LogP contribution is 2.59. The maximum Gasteiger partial charge on any atom is 0.252 e. The lowest BCUT2D eigenvalue weighted by atomic mass is 9.33. The molecule has 0 saturated heterocycles. The molecule has 0 fully saturated rings. The Hall–Kier alpha value is -11.0. The SMILES string of the molecule is Cc1cc2c3c(c1)-n1c4c(c5cc(C(C)(C)C)cc(c51)B3c1ccc(C(C)(C)C)cc1N2c1cccc2c1oc1cc(C(C)(C)C)ccc12)-c1ccccc1C4(C)C.Cc1cc2c3c(c1)-n1c4c(c5cc(C(C)(C)C)cc(c51)B3c1ccc(C(C)(C)C)cc1N2c1cccc2oc3ccccc3c12)-c1ccccc1C4(C)C. The van der Waals surface area contributed by atoms with Crippen molar-refractivity contribution in [1.82, 2.24) is 9.13 Å². The van der Waals surface area contributed by atoms with Crippen molar-refractivity contribution in [2.45, 2.75) is 183 Å². The fourth-order valence-electron chi connectivity index (χ4n) is 21.0. The predicted molar refractivity (Wildman–Crippen MR) is 478 cm³/mol. The van der Waals surface area contributed by atoms with Gasteiger partial charge in [-0.1, -0.05) is 265 Å². The first-order valence-electron chi connectivity index (χ1n) is 40.8. The highest BCUT2D eigenvalue weighted by atomic mass is 16.3.